The van der Waals surface area contributed by atoms with Gasteiger partial charge in [0.1, 0.15) is 0 Å². The van der Waals surface area contributed by atoms with E-state index in [0.717, 1.165) is 35.8 Å². The second-order valence-electron chi connectivity index (χ2n) is 6.75. The summed E-state index contributed by atoms with van der Waals surface area (Å²) in [6.45, 7) is 0. The first kappa shape index (κ1) is 9.94. The summed E-state index contributed by atoms with van der Waals surface area (Å²) in [6.07, 6.45) is 13.5. The largest absolute Gasteiger partial charge is 0.656 e. The van der Waals surface area contributed by atoms with Crippen molar-refractivity contribution in [1.29, 1.82) is 0 Å². The first-order valence-electron chi connectivity index (χ1n) is 7.63. The summed E-state index contributed by atoms with van der Waals surface area (Å²) in [4.78, 5) is 0. The molecule has 1 nitrogen and oxygen atoms in total. The van der Waals surface area contributed by atoms with Crippen molar-refractivity contribution in [3.63, 3.8) is 0 Å². The zero-order valence-corrected chi connectivity index (χ0v) is 10.3. The van der Waals surface area contributed by atoms with E-state index in [9.17, 15) is 0 Å². The Bertz CT molecular complexity index is 249. The van der Waals surface area contributed by atoms with Crippen molar-refractivity contribution in [2.75, 3.05) is 0 Å². The molecule has 6 atom stereocenters. The Morgan fingerprint density at radius 2 is 1.44 bits per heavy atom. The van der Waals surface area contributed by atoms with Crippen LogP contribution in [0.5, 0.6) is 0 Å². The van der Waals surface area contributed by atoms with E-state index >= 15 is 0 Å². The molecule has 4 aliphatic rings. The molecule has 0 bridgehead atoms. The van der Waals surface area contributed by atoms with Crippen LogP contribution in [0.15, 0.2) is 0 Å². The van der Waals surface area contributed by atoms with Gasteiger partial charge in [0.15, 0.2) is 0 Å². The maximum atomic E-state index is 5.20. The highest BCUT2D eigenvalue weighted by atomic mass is 15.0. The molecule has 0 spiro atoms. The highest BCUT2D eigenvalue weighted by Gasteiger charge is 2.47. The van der Waals surface area contributed by atoms with Crippen LogP contribution in [-0.2, 0) is 0 Å². The van der Waals surface area contributed by atoms with Crippen LogP contribution in [0.3, 0.4) is 0 Å². The molecule has 0 amide bonds. The highest BCUT2D eigenvalue weighted by Crippen LogP contribution is 2.58. The van der Waals surface area contributed by atoms with E-state index in [4.69, 9.17) is 5.32 Å². The summed E-state index contributed by atoms with van der Waals surface area (Å²) in [7, 11) is 0. The van der Waals surface area contributed by atoms with Gasteiger partial charge in [0.25, 0.3) is 0 Å². The predicted octanol–water partition coefficient (Wildman–Crippen LogP) is 4.13. The lowest BCUT2D eigenvalue weighted by molar-refractivity contribution is 0.163. The number of hydrogen-bond acceptors (Lipinski definition) is 0. The van der Waals surface area contributed by atoms with Crippen molar-refractivity contribution in [3.8, 4) is 0 Å². The van der Waals surface area contributed by atoms with Crippen LogP contribution in [0.25, 0.3) is 5.32 Å². The van der Waals surface area contributed by atoms with E-state index in [-0.39, 0.29) is 0 Å². The Hall–Kier alpha value is -0.0400. The van der Waals surface area contributed by atoms with E-state index < -0.39 is 0 Å². The van der Waals surface area contributed by atoms with Gasteiger partial charge in [0, 0.05) is 0 Å². The molecule has 1 aliphatic heterocycles. The minimum Gasteiger partial charge on any atom is -0.656 e. The quantitative estimate of drug-likeness (QED) is 0.580. The average Bonchev–Trinajstić information content (AvgIpc) is 2.83. The van der Waals surface area contributed by atoms with Crippen LogP contribution < -0.4 is 0 Å². The molecule has 4 rings (SSSR count). The Balaban J connectivity index is 1.59. The Morgan fingerprint density at radius 3 is 2.38 bits per heavy atom. The molecular formula is C15H24N-. The van der Waals surface area contributed by atoms with Crippen molar-refractivity contribution in [2.45, 2.75) is 69.9 Å². The van der Waals surface area contributed by atoms with E-state index in [1.807, 2.05) is 0 Å². The monoisotopic (exact) mass is 218 g/mol. The molecule has 0 radical (unpaired) electrons. The zero-order valence-electron chi connectivity index (χ0n) is 10.3. The van der Waals surface area contributed by atoms with E-state index in [1.165, 1.54) is 51.4 Å². The zero-order chi connectivity index (χ0) is 10.5. The maximum Gasteiger partial charge on any atom is -0.0370 e. The summed E-state index contributed by atoms with van der Waals surface area (Å²) in [6, 6.07) is 1.60. The van der Waals surface area contributed by atoms with Crippen LogP contribution in [0.2, 0.25) is 0 Å². The van der Waals surface area contributed by atoms with Gasteiger partial charge in [0.05, 0.1) is 0 Å². The lowest BCUT2D eigenvalue weighted by atomic mass is 9.70. The maximum absolute atomic E-state index is 5.20. The van der Waals surface area contributed by atoms with Crippen molar-refractivity contribution in [3.05, 3.63) is 5.32 Å². The molecule has 0 N–H and O–H groups in total. The molecule has 6 unspecified atom stereocenters. The fourth-order valence-corrected chi connectivity index (χ4v) is 5.57. The molecule has 16 heavy (non-hydrogen) atoms. The molecule has 4 fully saturated rings. The van der Waals surface area contributed by atoms with E-state index in [0.29, 0.717) is 0 Å². The third-order valence-electron chi connectivity index (χ3n) is 6.11. The minimum atomic E-state index is 0.798. The van der Waals surface area contributed by atoms with E-state index in [1.54, 1.807) is 6.42 Å². The first-order chi connectivity index (χ1) is 7.93. The van der Waals surface area contributed by atoms with Gasteiger partial charge in [-0.1, -0.05) is 63.2 Å². The fraction of sp³-hybridized carbons (Fsp3) is 1.00. The number of hydrogen-bond donors (Lipinski definition) is 0. The summed E-state index contributed by atoms with van der Waals surface area (Å²) in [5, 5.41) is 5.20. The minimum absolute atomic E-state index is 0.798. The van der Waals surface area contributed by atoms with E-state index in [2.05, 4.69) is 0 Å². The number of rotatable bonds is 0. The van der Waals surface area contributed by atoms with Crippen molar-refractivity contribution >= 4 is 0 Å². The lowest BCUT2D eigenvalue weighted by Crippen LogP contribution is -2.30. The molecule has 0 aromatic heterocycles. The third-order valence-corrected chi connectivity index (χ3v) is 6.11. The van der Waals surface area contributed by atoms with Crippen molar-refractivity contribution in [2.24, 2.45) is 23.7 Å². The topological polar surface area (TPSA) is 14.1 Å². The van der Waals surface area contributed by atoms with Gasteiger partial charge in [-0.05, 0) is 18.3 Å². The molecule has 90 valence electrons. The first-order valence-corrected chi connectivity index (χ1v) is 7.63. The van der Waals surface area contributed by atoms with Crippen LogP contribution in [-0.4, -0.2) is 12.1 Å². The molecule has 3 saturated carbocycles. The second kappa shape index (κ2) is 3.73. The molecule has 1 heteroatoms. The van der Waals surface area contributed by atoms with Crippen LogP contribution >= 0.6 is 0 Å². The van der Waals surface area contributed by atoms with Crippen LogP contribution in [0.4, 0.5) is 0 Å². The summed E-state index contributed by atoms with van der Waals surface area (Å²) >= 11 is 0. The Labute approximate surface area is 99.4 Å². The molecule has 0 aromatic carbocycles. The number of nitrogens with zero attached hydrogens (tertiary/aromatic N) is 1. The average molecular weight is 218 g/mol. The summed E-state index contributed by atoms with van der Waals surface area (Å²) < 4.78 is 0. The van der Waals surface area contributed by atoms with Gasteiger partial charge < -0.3 is 5.32 Å². The summed E-state index contributed by atoms with van der Waals surface area (Å²) in [5.41, 5.74) is 0. The molecule has 0 aromatic rings. The van der Waals surface area contributed by atoms with Gasteiger partial charge >= 0.3 is 0 Å². The van der Waals surface area contributed by atoms with Crippen LogP contribution in [0.1, 0.15) is 57.8 Å². The molecule has 1 saturated heterocycles. The lowest BCUT2D eigenvalue weighted by Gasteiger charge is -2.39. The van der Waals surface area contributed by atoms with Gasteiger partial charge in [-0.15, -0.1) is 12.1 Å². The predicted molar refractivity (Wildman–Crippen MR) is 66.4 cm³/mol. The van der Waals surface area contributed by atoms with Crippen molar-refractivity contribution in [1.82, 2.24) is 0 Å². The van der Waals surface area contributed by atoms with Gasteiger partial charge in [0.2, 0.25) is 0 Å². The normalized spacial score (nSPS) is 55.5. The third kappa shape index (κ3) is 1.33. The Kier molecular flexibility index (Phi) is 2.32. The van der Waals surface area contributed by atoms with Gasteiger partial charge in [-0.2, -0.15) is 0 Å². The molecule has 3 aliphatic carbocycles. The SMILES string of the molecule is C1CCC2C(C1)CC1[N-]C3CCCCC3C12. The fourth-order valence-electron chi connectivity index (χ4n) is 5.57. The molecular weight excluding hydrogens is 194 g/mol. The van der Waals surface area contributed by atoms with Crippen LogP contribution in [0, 0.1) is 23.7 Å². The van der Waals surface area contributed by atoms with Crippen molar-refractivity contribution < 1.29 is 0 Å². The highest BCUT2D eigenvalue weighted by molar-refractivity contribution is 5.20. The smallest absolute Gasteiger partial charge is 0.0370 e. The molecule has 1 heterocycles. The summed E-state index contributed by atoms with van der Waals surface area (Å²) in [5.74, 6) is 4.23. The van der Waals surface area contributed by atoms with Gasteiger partial charge in [-0.3, -0.25) is 0 Å². The van der Waals surface area contributed by atoms with Gasteiger partial charge in [-0.25, -0.2) is 0 Å². The number of fused-ring (bicyclic) bond motifs is 5. The standard InChI is InChI=1S/C15H24N/c1-2-6-11-10(5-1)9-14-15(11)12-7-3-4-8-13(12)16-14/h10-15H,1-9H2/q-1. The Morgan fingerprint density at radius 1 is 0.688 bits per heavy atom. The second-order valence-corrected chi connectivity index (χ2v) is 6.75.